The molecule has 0 heterocycles. The van der Waals surface area contributed by atoms with Crippen LogP contribution < -0.4 is 5.73 Å². The van der Waals surface area contributed by atoms with Crippen LogP contribution in [0.15, 0.2) is 23.5 Å². The second kappa shape index (κ2) is 6.93. The monoisotopic (exact) mass is 460 g/mol. The van der Waals surface area contributed by atoms with E-state index >= 15 is 0 Å². The molecule has 2 aromatic rings. The van der Waals surface area contributed by atoms with Crippen LogP contribution in [0.3, 0.4) is 0 Å². The van der Waals surface area contributed by atoms with Crippen molar-refractivity contribution in [2.75, 3.05) is 14.1 Å². The van der Waals surface area contributed by atoms with Gasteiger partial charge in [-0.1, -0.05) is 11.6 Å². The van der Waals surface area contributed by atoms with E-state index in [9.17, 15) is 34.8 Å². The number of primary amides is 1. The smallest absolute Gasteiger partial charge is 0.255 e. The Bertz CT molecular complexity index is 1280. The van der Waals surface area contributed by atoms with E-state index in [0.29, 0.717) is 16.5 Å². The van der Waals surface area contributed by atoms with Gasteiger partial charge in [0.15, 0.2) is 11.4 Å². The highest BCUT2D eigenvalue weighted by molar-refractivity contribution is 6.37. The number of aryl methyl sites for hydroxylation is 1. The Hall–Kier alpha value is -3.14. The molecule has 168 valence electrons. The van der Waals surface area contributed by atoms with Gasteiger partial charge in [-0.25, -0.2) is 0 Å². The maximum absolute atomic E-state index is 13.6. The molecule has 0 radical (unpaired) electrons. The van der Waals surface area contributed by atoms with E-state index < -0.39 is 52.1 Å². The summed E-state index contributed by atoms with van der Waals surface area (Å²) < 4.78 is 0. The molecule has 9 nitrogen and oxygen atoms in total. The van der Waals surface area contributed by atoms with Gasteiger partial charge >= 0.3 is 0 Å². The molecule has 3 atom stereocenters. The Kier molecular flexibility index (Phi) is 4.78. The van der Waals surface area contributed by atoms with Gasteiger partial charge in [0.2, 0.25) is 5.78 Å². The zero-order chi connectivity index (χ0) is 23.9. The van der Waals surface area contributed by atoms with Crippen molar-refractivity contribution in [1.29, 1.82) is 0 Å². The number of nitrogens with zero attached hydrogens (tertiary/aromatic N) is 1. The van der Waals surface area contributed by atoms with Gasteiger partial charge in [-0.2, -0.15) is 0 Å². The number of amides is 1. The van der Waals surface area contributed by atoms with Crippen LogP contribution in [0.1, 0.15) is 21.5 Å². The van der Waals surface area contributed by atoms with Gasteiger partial charge in [0.1, 0.15) is 22.8 Å². The number of phenolic OH excluding ortho intramolecular Hbond substituents is 2. The summed E-state index contributed by atoms with van der Waals surface area (Å²) in [7, 11) is 3.06. The molecule has 0 bridgehead atoms. The summed E-state index contributed by atoms with van der Waals surface area (Å²) in [4.78, 5) is 40.0. The third-order valence-corrected chi connectivity index (χ3v) is 6.88. The average Bonchev–Trinajstić information content (AvgIpc) is 2.69. The third-order valence-electron chi connectivity index (χ3n) is 6.57. The first-order valence-corrected chi connectivity index (χ1v) is 10.1. The Morgan fingerprint density at radius 1 is 1.19 bits per heavy atom. The molecule has 0 saturated heterocycles. The number of likely N-dealkylation sites (N-methyl/N-ethyl adjacent to an activating group) is 1. The summed E-state index contributed by atoms with van der Waals surface area (Å²) >= 11 is 6.31. The first-order valence-electron chi connectivity index (χ1n) is 9.72. The van der Waals surface area contributed by atoms with Crippen LogP contribution in [0.5, 0.6) is 11.5 Å². The fourth-order valence-electron chi connectivity index (χ4n) is 5.10. The van der Waals surface area contributed by atoms with Gasteiger partial charge in [0.05, 0.1) is 17.0 Å². The fraction of sp³-hybridized carbons (Fsp3) is 0.318. The molecule has 10 heteroatoms. The van der Waals surface area contributed by atoms with Crippen LogP contribution >= 0.6 is 11.6 Å². The Morgan fingerprint density at radius 3 is 2.38 bits per heavy atom. The SMILES string of the molecule is Cc1c2c(c(O)c3c(O)ccc(Cl)c13)C(=O)[C@]1(O)C(O)=C(C(N)=O)C(=O)[C@H](N(C)C)[C@@H]1C2. The van der Waals surface area contributed by atoms with Crippen molar-refractivity contribution < 1.29 is 34.8 Å². The summed E-state index contributed by atoms with van der Waals surface area (Å²) in [6, 6.07) is 1.54. The zero-order valence-electron chi connectivity index (χ0n) is 17.4. The minimum atomic E-state index is -2.69. The lowest BCUT2D eigenvalue weighted by molar-refractivity contribution is -0.132. The fourth-order valence-corrected chi connectivity index (χ4v) is 5.40. The summed E-state index contributed by atoms with van der Waals surface area (Å²) in [5, 5.41) is 44.0. The molecule has 0 aliphatic heterocycles. The van der Waals surface area contributed by atoms with E-state index in [0.717, 1.165) is 0 Å². The number of carbonyl (C=O) groups excluding carboxylic acids is 3. The Labute approximate surface area is 187 Å². The summed E-state index contributed by atoms with van der Waals surface area (Å²) in [5.74, 6) is -6.49. The van der Waals surface area contributed by atoms with Crippen molar-refractivity contribution >= 4 is 39.8 Å². The first kappa shape index (κ1) is 22.1. The predicted octanol–water partition coefficient (Wildman–Crippen LogP) is 1.11. The van der Waals surface area contributed by atoms with Gasteiger partial charge in [-0.05, 0) is 50.7 Å². The number of hydrogen-bond donors (Lipinski definition) is 5. The molecule has 32 heavy (non-hydrogen) atoms. The minimum Gasteiger partial charge on any atom is -0.508 e. The van der Waals surface area contributed by atoms with Gasteiger partial charge < -0.3 is 26.2 Å². The number of aliphatic hydroxyl groups is 2. The van der Waals surface area contributed by atoms with Crippen molar-refractivity contribution in [3.05, 3.63) is 45.2 Å². The molecule has 0 spiro atoms. The van der Waals surface area contributed by atoms with Crippen molar-refractivity contribution in [3.8, 4) is 11.5 Å². The highest BCUT2D eigenvalue weighted by Crippen LogP contribution is 2.51. The molecule has 6 N–H and O–H groups in total. The molecule has 1 amide bonds. The predicted molar refractivity (Wildman–Crippen MR) is 115 cm³/mol. The van der Waals surface area contributed by atoms with Crippen LogP contribution in [0.4, 0.5) is 0 Å². The Morgan fingerprint density at radius 2 is 1.81 bits per heavy atom. The van der Waals surface area contributed by atoms with E-state index in [1.165, 1.54) is 31.1 Å². The molecular formula is C22H21ClN2O7. The number of halogens is 1. The van der Waals surface area contributed by atoms with E-state index in [2.05, 4.69) is 0 Å². The quantitative estimate of drug-likeness (QED) is 0.416. The number of benzene rings is 2. The third kappa shape index (κ3) is 2.55. The normalized spacial score (nSPS) is 25.3. The van der Waals surface area contributed by atoms with Crippen LogP contribution in [-0.4, -0.2) is 68.5 Å². The van der Waals surface area contributed by atoms with Crippen LogP contribution in [-0.2, 0) is 16.0 Å². The van der Waals surface area contributed by atoms with E-state index in [1.54, 1.807) is 6.92 Å². The minimum absolute atomic E-state index is 0.0845. The number of aliphatic hydroxyl groups excluding tert-OH is 1. The van der Waals surface area contributed by atoms with E-state index in [-0.39, 0.29) is 28.1 Å². The van der Waals surface area contributed by atoms with Crippen LogP contribution in [0, 0.1) is 12.8 Å². The lowest BCUT2D eigenvalue weighted by Gasteiger charge is -2.47. The van der Waals surface area contributed by atoms with Gasteiger partial charge in [0.25, 0.3) is 5.91 Å². The summed E-state index contributed by atoms with van der Waals surface area (Å²) in [6.45, 7) is 1.64. The standard InChI is InChI=1S/C22H21ClN2O7/c1-7-8-6-9-16(25(2)3)18(28)15(21(24)31)20(30)22(9,32)19(29)13(8)17(27)14-11(26)5-4-10(23)12(7)14/h4-5,9,16,26-27,30,32H,6H2,1-3H3,(H2,24,31)/t9-,16+,22-/m0/s1. The van der Waals surface area contributed by atoms with Crippen LogP contribution in [0.2, 0.25) is 5.02 Å². The summed E-state index contributed by atoms with van der Waals surface area (Å²) in [6.07, 6.45) is -0.108. The number of Topliss-reactive ketones (excluding diaryl/α,β-unsaturated/α-hetero) is 2. The second-order valence-corrected chi connectivity index (χ2v) is 8.82. The number of nitrogens with two attached hydrogens (primary N) is 1. The lowest BCUT2D eigenvalue weighted by Crippen LogP contribution is -2.64. The largest absolute Gasteiger partial charge is 0.508 e. The van der Waals surface area contributed by atoms with Crippen molar-refractivity contribution in [2.24, 2.45) is 11.7 Å². The molecule has 4 rings (SSSR count). The number of carbonyl (C=O) groups is 3. The number of aromatic hydroxyl groups is 2. The molecule has 0 unspecified atom stereocenters. The number of phenols is 2. The first-order chi connectivity index (χ1) is 14.8. The van der Waals surface area contributed by atoms with Crippen LogP contribution in [0.25, 0.3) is 10.8 Å². The molecule has 2 aliphatic carbocycles. The van der Waals surface area contributed by atoms with Crippen molar-refractivity contribution in [2.45, 2.75) is 25.0 Å². The molecule has 0 saturated carbocycles. The number of fused-ring (bicyclic) bond motifs is 3. The average molecular weight is 461 g/mol. The lowest BCUT2D eigenvalue weighted by atomic mass is 9.61. The second-order valence-electron chi connectivity index (χ2n) is 8.41. The maximum atomic E-state index is 13.6. The van der Waals surface area contributed by atoms with E-state index in [4.69, 9.17) is 17.3 Å². The summed E-state index contributed by atoms with van der Waals surface area (Å²) in [5.41, 5.74) is 2.19. The molecule has 0 aromatic heterocycles. The molecule has 2 aromatic carbocycles. The Balaban J connectivity index is 2.13. The number of hydrogen-bond acceptors (Lipinski definition) is 8. The highest BCUT2D eigenvalue weighted by Gasteiger charge is 2.62. The topological polar surface area (TPSA) is 161 Å². The van der Waals surface area contributed by atoms with E-state index in [1.807, 2.05) is 0 Å². The number of rotatable bonds is 2. The van der Waals surface area contributed by atoms with Gasteiger partial charge in [0, 0.05) is 16.3 Å². The van der Waals surface area contributed by atoms with Crippen molar-refractivity contribution in [3.63, 3.8) is 0 Å². The van der Waals surface area contributed by atoms with Crippen molar-refractivity contribution in [1.82, 2.24) is 4.90 Å². The molecule has 2 aliphatic rings. The maximum Gasteiger partial charge on any atom is 0.255 e. The number of ketones is 2. The van der Waals surface area contributed by atoms with Gasteiger partial charge in [-0.15, -0.1) is 0 Å². The highest BCUT2D eigenvalue weighted by atomic mass is 35.5. The van der Waals surface area contributed by atoms with Gasteiger partial charge in [-0.3, -0.25) is 19.3 Å². The molecular weight excluding hydrogens is 440 g/mol. The molecule has 0 fully saturated rings. The zero-order valence-corrected chi connectivity index (χ0v) is 18.2.